The van der Waals surface area contributed by atoms with Crippen molar-refractivity contribution in [1.82, 2.24) is 10.2 Å². The molecule has 3 nitrogen and oxygen atoms in total. The zero-order valence-corrected chi connectivity index (χ0v) is 9.32. The quantitative estimate of drug-likeness (QED) is 0.732. The second-order valence-electron chi connectivity index (χ2n) is 3.43. The normalized spacial score (nSPS) is 12.7. The minimum Gasteiger partial charge on any atom is -0.419 e. The van der Waals surface area contributed by atoms with Crippen LogP contribution < -0.4 is 0 Å². The van der Waals surface area contributed by atoms with Crippen LogP contribution in [0, 0.1) is 6.92 Å². The van der Waals surface area contributed by atoms with E-state index in [4.69, 9.17) is 16.0 Å². The van der Waals surface area contributed by atoms with Crippen molar-refractivity contribution in [2.75, 3.05) is 0 Å². The van der Waals surface area contributed by atoms with Crippen molar-refractivity contribution in [3.05, 3.63) is 35.7 Å². The summed E-state index contributed by atoms with van der Waals surface area (Å²) in [6.07, 6.45) is 0. The first-order valence-electron chi connectivity index (χ1n) is 4.71. The first kappa shape index (κ1) is 10.2. The summed E-state index contributed by atoms with van der Waals surface area (Å²) in [5, 5.41) is 7.55. The third-order valence-corrected chi connectivity index (χ3v) is 2.27. The van der Waals surface area contributed by atoms with E-state index < -0.39 is 0 Å². The van der Waals surface area contributed by atoms with E-state index in [1.54, 1.807) is 6.92 Å². The van der Waals surface area contributed by atoms with Crippen molar-refractivity contribution in [3.63, 3.8) is 0 Å². The molecule has 0 aliphatic heterocycles. The fraction of sp³-hybridized carbons (Fsp3) is 0.273. The maximum absolute atomic E-state index is 5.83. The second kappa shape index (κ2) is 4.03. The van der Waals surface area contributed by atoms with Crippen LogP contribution in [0.2, 0.25) is 0 Å². The molecular formula is C11H11ClN2O. The summed E-state index contributed by atoms with van der Waals surface area (Å²) >= 11 is 5.83. The molecule has 0 bridgehead atoms. The summed E-state index contributed by atoms with van der Waals surface area (Å²) in [7, 11) is 0. The lowest BCUT2D eigenvalue weighted by atomic mass is 10.1. The number of rotatable bonds is 2. The highest BCUT2D eigenvalue weighted by molar-refractivity contribution is 6.20. The molecule has 0 saturated heterocycles. The van der Waals surface area contributed by atoms with E-state index in [1.165, 1.54) is 5.56 Å². The van der Waals surface area contributed by atoms with Crippen LogP contribution in [0.4, 0.5) is 0 Å². The van der Waals surface area contributed by atoms with Gasteiger partial charge in [-0.25, -0.2) is 0 Å². The van der Waals surface area contributed by atoms with Crippen molar-refractivity contribution >= 4 is 11.6 Å². The number of alkyl halides is 1. The van der Waals surface area contributed by atoms with Crippen molar-refractivity contribution < 1.29 is 4.42 Å². The SMILES string of the molecule is Cc1ccc(-c2nnc([C@H](C)Cl)o2)cc1. The Labute approximate surface area is 93.1 Å². The van der Waals surface area contributed by atoms with Crippen LogP contribution in [0.3, 0.4) is 0 Å². The van der Waals surface area contributed by atoms with E-state index in [9.17, 15) is 0 Å². The lowest BCUT2D eigenvalue weighted by Gasteiger charge is -1.95. The third-order valence-electron chi connectivity index (χ3n) is 2.08. The van der Waals surface area contributed by atoms with Gasteiger partial charge in [-0.2, -0.15) is 0 Å². The average molecular weight is 223 g/mol. The number of hydrogen-bond acceptors (Lipinski definition) is 3. The van der Waals surface area contributed by atoms with Gasteiger partial charge in [-0.1, -0.05) is 17.7 Å². The minimum absolute atomic E-state index is 0.253. The number of halogens is 1. The molecule has 1 atom stereocenters. The Hall–Kier alpha value is -1.35. The molecule has 0 aliphatic rings. The van der Waals surface area contributed by atoms with E-state index in [2.05, 4.69) is 10.2 Å². The molecule has 1 heterocycles. The molecule has 0 unspecified atom stereocenters. The minimum atomic E-state index is -0.253. The molecule has 0 aliphatic carbocycles. The summed E-state index contributed by atoms with van der Waals surface area (Å²) in [5.74, 6) is 0.963. The van der Waals surface area contributed by atoms with Gasteiger partial charge in [0.25, 0.3) is 0 Å². The van der Waals surface area contributed by atoms with Gasteiger partial charge in [0.15, 0.2) is 0 Å². The van der Waals surface area contributed by atoms with Crippen molar-refractivity contribution in [1.29, 1.82) is 0 Å². The molecule has 2 aromatic rings. The van der Waals surface area contributed by atoms with E-state index in [-0.39, 0.29) is 5.38 Å². The van der Waals surface area contributed by atoms with Crippen molar-refractivity contribution in [3.8, 4) is 11.5 Å². The van der Waals surface area contributed by atoms with Gasteiger partial charge in [0, 0.05) is 5.56 Å². The molecule has 0 fully saturated rings. The van der Waals surface area contributed by atoms with E-state index in [1.807, 2.05) is 31.2 Å². The summed E-state index contributed by atoms with van der Waals surface area (Å²) in [6.45, 7) is 3.83. The van der Waals surface area contributed by atoms with Gasteiger partial charge < -0.3 is 4.42 Å². The Morgan fingerprint density at radius 1 is 1.20 bits per heavy atom. The number of nitrogens with zero attached hydrogens (tertiary/aromatic N) is 2. The monoisotopic (exact) mass is 222 g/mol. The highest BCUT2D eigenvalue weighted by atomic mass is 35.5. The maximum atomic E-state index is 5.83. The van der Waals surface area contributed by atoms with Crippen LogP contribution in [-0.4, -0.2) is 10.2 Å². The van der Waals surface area contributed by atoms with Gasteiger partial charge in [-0.05, 0) is 26.0 Å². The highest BCUT2D eigenvalue weighted by Crippen LogP contribution is 2.23. The zero-order valence-electron chi connectivity index (χ0n) is 8.57. The predicted molar refractivity (Wildman–Crippen MR) is 58.7 cm³/mol. The van der Waals surface area contributed by atoms with Gasteiger partial charge in [-0.15, -0.1) is 21.8 Å². The fourth-order valence-electron chi connectivity index (χ4n) is 1.21. The van der Waals surface area contributed by atoms with Gasteiger partial charge in [0.1, 0.15) is 5.38 Å². The molecule has 4 heteroatoms. The molecule has 2 rings (SSSR count). The molecule has 78 valence electrons. The summed E-state index contributed by atoms with van der Waals surface area (Å²) in [4.78, 5) is 0. The molecule has 0 radical (unpaired) electrons. The largest absolute Gasteiger partial charge is 0.419 e. The maximum Gasteiger partial charge on any atom is 0.247 e. The second-order valence-corrected chi connectivity index (χ2v) is 4.08. The predicted octanol–water partition coefficient (Wildman–Crippen LogP) is 3.34. The summed E-state index contributed by atoms with van der Waals surface area (Å²) in [5.41, 5.74) is 2.11. The molecule has 0 spiro atoms. The van der Waals surface area contributed by atoms with Crippen LogP contribution in [0.15, 0.2) is 28.7 Å². The van der Waals surface area contributed by atoms with Crippen molar-refractivity contribution in [2.24, 2.45) is 0 Å². The third kappa shape index (κ3) is 2.18. The Kier molecular flexibility index (Phi) is 2.73. The Balaban J connectivity index is 2.33. The molecule has 0 N–H and O–H groups in total. The zero-order chi connectivity index (χ0) is 10.8. The molecule has 15 heavy (non-hydrogen) atoms. The first-order chi connectivity index (χ1) is 7.16. The van der Waals surface area contributed by atoms with Crippen LogP contribution >= 0.6 is 11.6 Å². The first-order valence-corrected chi connectivity index (χ1v) is 5.15. The molecule has 1 aromatic carbocycles. The Bertz CT molecular complexity index is 448. The van der Waals surface area contributed by atoms with E-state index in [0.717, 1.165) is 5.56 Å². The van der Waals surface area contributed by atoms with Gasteiger partial charge >= 0.3 is 0 Å². The summed E-state index contributed by atoms with van der Waals surface area (Å²) < 4.78 is 5.42. The van der Waals surface area contributed by atoms with Crippen LogP contribution in [0.25, 0.3) is 11.5 Å². The standard InChI is InChI=1S/C11H11ClN2O/c1-7-3-5-9(6-4-7)11-14-13-10(15-11)8(2)12/h3-6,8H,1-2H3/t8-/m0/s1. The summed E-state index contributed by atoms with van der Waals surface area (Å²) in [6, 6.07) is 7.91. The van der Waals surface area contributed by atoms with Gasteiger partial charge in [0.2, 0.25) is 11.8 Å². The van der Waals surface area contributed by atoms with E-state index in [0.29, 0.717) is 11.8 Å². The van der Waals surface area contributed by atoms with Gasteiger partial charge in [0.05, 0.1) is 0 Å². The smallest absolute Gasteiger partial charge is 0.247 e. The lowest BCUT2D eigenvalue weighted by molar-refractivity contribution is 0.507. The topological polar surface area (TPSA) is 38.9 Å². The number of hydrogen-bond donors (Lipinski definition) is 0. The Morgan fingerprint density at radius 2 is 1.87 bits per heavy atom. The molecule has 0 saturated carbocycles. The van der Waals surface area contributed by atoms with Crippen molar-refractivity contribution in [2.45, 2.75) is 19.2 Å². The van der Waals surface area contributed by atoms with E-state index >= 15 is 0 Å². The molecule has 1 aromatic heterocycles. The number of aromatic nitrogens is 2. The average Bonchev–Trinajstić information content (AvgIpc) is 2.68. The molecular weight excluding hydrogens is 212 g/mol. The highest BCUT2D eigenvalue weighted by Gasteiger charge is 2.11. The fourth-order valence-corrected chi connectivity index (χ4v) is 1.30. The number of benzene rings is 1. The van der Waals surface area contributed by atoms with Gasteiger partial charge in [-0.3, -0.25) is 0 Å². The van der Waals surface area contributed by atoms with Crippen LogP contribution in [0.5, 0.6) is 0 Å². The number of aryl methyl sites for hydroxylation is 1. The molecule has 0 amide bonds. The Morgan fingerprint density at radius 3 is 2.40 bits per heavy atom. The lowest BCUT2D eigenvalue weighted by Crippen LogP contribution is -1.81. The van der Waals surface area contributed by atoms with Crippen LogP contribution in [-0.2, 0) is 0 Å². The van der Waals surface area contributed by atoms with Crippen LogP contribution in [0.1, 0.15) is 23.8 Å².